The van der Waals surface area contributed by atoms with Gasteiger partial charge in [-0.3, -0.25) is 0 Å². The van der Waals surface area contributed by atoms with Crippen molar-refractivity contribution in [2.75, 3.05) is 20.3 Å². The molecule has 1 aliphatic rings. The minimum Gasteiger partial charge on any atom is -0.396 e. The van der Waals surface area contributed by atoms with Crippen molar-refractivity contribution in [2.45, 2.75) is 63.6 Å². The van der Waals surface area contributed by atoms with E-state index in [2.05, 4.69) is 19.2 Å². The summed E-state index contributed by atoms with van der Waals surface area (Å²) >= 11 is 0. The van der Waals surface area contributed by atoms with Crippen LogP contribution in [0.2, 0.25) is 0 Å². The molecular formula is C14H30N2O2. The van der Waals surface area contributed by atoms with E-state index in [0.29, 0.717) is 18.5 Å². The summed E-state index contributed by atoms with van der Waals surface area (Å²) in [6.45, 7) is 5.06. The van der Waals surface area contributed by atoms with Gasteiger partial charge in [-0.05, 0) is 39.0 Å². The number of nitrogens with one attached hydrogen (secondary N) is 1. The van der Waals surface area contributed by atoms with Crippen LogP contribution >= 0.6 is 0 Å². The van der Waals surface area contributed by atoms with Crippen molar-refractivity contribution >= 4 is 0 Å². The van der Waals surface area contributed by atoms with E-state index in [0.717, 1.165) is 19.3 Å². The van der Waals surface area contributed by atoms with Crippen molar-refractivity contribution in [1.29, 1.82) is 0 Å². The summed E-state index contributed by atoms with van der Waals surface area (Å²) < 4.78 is 5.47. The van der Waals surface area contributed by atoms with Crippen molar-refractivity contribution in [3.8, 4) is 0 Å². The highest BCUT2D eigenvalue weighted by Gasteiger charge is 2.28. The molecule has 3 atom stereocenters. The van der Waals surface area contributed by atoms with Gasteiger partial charge in [-0.25, -0.2) is 0 Å². The van der Waals surface area contributed by atoms with Gasteiger partial charge in [0, 0.05) is 32.3 Å². The first-order valence-electron chi connectivity index (χ1n) is 7.14. The molecule has 1 aliphatic carbocycles. The Bertz CT molecular complexity index is 234. The molecule has 0 spiro atoms. The number of rotatable bonds is 7. The van der Waals surface area contributed by atoms with Gasteiger partial charge in [-0.15, -0.1) is 0 Å². The monoisotopic (exact) mass is 258 g/mol. The van der Waals surface area contributed by atoms with Crippen LogP contribution in [0.15, 0.2) is 0 Å². The van der Waals surface area contributed by atoms with Crippen molar-refractivity contribution in [2.24, 2.45) is 11.7 Å². The van der Waals surface area contributed by atoms with Crippen LogP contribution in [0.25, 0.3) is 0 Å². The Balaban J connectivity index is 2.50. The lowest BCUT2D eigenvalue weighted by molar-refractivity contribution is 0.00491. The number of aliphatic hydroxyl groups is 1. The molecule has 0 radical (unpaired) electrons. The quantitative estimate of drug-likeness (QED) is 0.643. The zero-order valence-corrected chi connectivity index (χ0v) is 12.1. The molecule has 0 aromatic heterocycles. The average Bonchev–Trinajstić information content (AvgIpc) is 2.38. The van der Waals surface area contributed by atoms with E-state index in [1.807, 2.05) is 0 Å². The van der Waals surface area contributed by atoms with E-state index in [1.54, 1.807) is 7.11 Å². The minimum absolute atomic E-state index is 0.152. The Labute approximate surface area is 111 Å². The van der Waals surface area contributed by atoms with Crippen LogP contribution in [0.3, 0.4) is 0 Å². The average molecular weight is 258 g/mol. The van der Waals surface area contributed by atoms with Gasteiger partial charge >= 0.3 is 0 Å². The molecule has 0 aromatic carbocycles. The molecule has 1 saturated carbocycles. The molecule has 108 valence electrons. The molecule has 1 rings (SSSR count). The summed E-state index contributed by atoms with van der Waals surface area (Å²) in [5.41, 5.74) is 5.71. The maximum absolute atomic E-state index is 9.43. The lowest BCUT2D eigenvalue weighted by Crippen LogP contribution is -2.50. The molecule has 3 unspecified atom stereocenters. The molecule has 0 bridgehead atoms. The molecule has 0 aromatic rings. The highest BCUT2D eigenvalue weighted by Crippen LogP contribution is 2.25. The first-order chi connectivity index (χ1) is 8.52. The van der Waals surface area contributed by atoms with E-state index in [4.69, 9.17) is 10.5 Å². The van der Waals surface area contributed by atoms with Gasteiger partial charge in [0.05, 0.1) is 5.60 Å². The fourth-order valence-electron chi connectivity index (χ4n) is 2.84. The highest BCUT2D eigenvalue weighted by atomic mass is 16.5. The summed E-state index contributed by atoms with van der Waals surface area (Å²) in [5, 5.41) is 13.1. The highest BCUT2D eigenvalue weighted by molar-refractivity contribution is 4.87. The van der Waals surface area contributed by atoms with Crippen molar-refractivity contribution < 1.29 is 9.84 Å². The topological polar surface area (TPSA) is 67.5 Å². The third kappa shape index (κ3) is 4.84. The van der Waals surface area contributed by atoms with E-state index in [-0.39, 0.29) is 18.2 Å². The molecule has 4 N–H and O–H groups in total. The molecule has 4 heteroatoms. The first-order valence-corrected chi connectivity index (χ1v) is 7.14. The lowest BCUT2D eigenvalue weighted by Gasteiger charge is -2.36. The zero-order valence-electron chi connectivity index (χ0n) is 12.1. The number of hydrogen-bond donors (Lipinski definition) is 3. The standard InChI is InChI=1S/C14H30N2O2/c1-14(2,18-3)8-12(9-15)16-13-7-5-4-6-11(13)10-17/h11-13,16-17H,4-10,15H2,1-3H3. The predicted molar refractivity (Wildman–Crippen MR) is 74.5 cm³/mol. The van der Waals surface area contributed by atoms with Gasteiger partial charge in [0.2, 0.25) is 0 Å². The number of ether oxygens (including phenoxy) is 1. The summed E-state index contributed by atoms with van der Waals surface area (Å²) in [7, 11) is 1.74. The number of methoxy groups -OCH3 is 1. The molecule has 0 heterocycles. The van der Waals surface area contributed by atoms with E-state index < -0.39 is 0 Å². The largest absolute Gasteiger partial charge is 0.396 e. The molecule has 0 saturated heterocycles. The second kappa shape index (κ2) is 7.43. The second-order valence-corrected chi connectivity index (χ2v) is 6.10. The first kappa shape index (κ1) is 15.9. The smallest absolute Gasteiger partial charge is 0.0638 e. The summed E-state index contributed by atoms with van der Waals surface area (Å²) in [5.74, 6) is 0.387. The van der Waals surface area contributed by atoms with Crippen molar-refractivity contribution in [3.63, 3.8) is 0 Å². The minimum atomic E-state index is -0.152. The van der Waals surface area contributed by atoms with Crippen molar-refractivity contribution in [1.82, 2.24) is 5.32 Å². The number of hydrogen-bond acceptors (Lipinski definition) is 4. The van der Waals surface area contributed by atoms with E-state index in [1.165, 1.54) is 12.8 Å². The fourth-order valence-corrected chi connectivity index (χ4v) is 2.84. The molecule has 0 amide bonds. The Morgan fingerprint density at radius 3 is 2.61 bits per heavy atom. The molecule has 0 aliphatic heterocycles. The fraction of sp³-hybridized carbons (Fsp3) is 1.00. The predicted octanol–water partition coefficient (Wildman–Crippen LogP) is 1.27. The third-order valence-electron chi connectivity index (χ3n) is 4.17. The Morgan fingerprint density at radius 2 is 2.06 bits per heavy atom. The Kier molecular flexibility index (Phi) is 6.57. The SMILES string of the molecule is COC(C)(C)CC(CN)NC1CCCCC1CO. The second-order valence-electron chi connectivity index (χ2n) is 6.10. The summed E-state index contributed by atoms with van der Waals surface area (Å²) in [4.78, 5) is 0. The van der Waals surface area contributed by atoms with E-state index >= 15 is 0 Å². The maximum Gasteiger partial charge on any atom is 0.0638 e. The van der Waals surface area contributed by atoms with Crippen LogP contribution in [0.1, 0.15) is 46.0 Å². The molecule has 4 nitrogen and oxygen atoms in total. The summed E-state index contributed by atoms with van der Waals surface area (Å²) in [6, 6.07) is 0.669. The third-order valence-corrected chi connectivity index (χ3v) is 4.17. The summed E-state index contributed by atoms with van der Waals surface area (Å²) in [6.07, 6.45) is 5.66. The van der Waals surface area contributed by atoms with Gasteiger partial charge < -0.3 is 20.9 Å². The van der Waals surface area contributed by atoms with Crippen LogP contribution in [0.4, 0.5) is 0 Å². The normalized spacial score (nSPS) is 27.2. The number of nitrogens with two attached hydrogens (primary N) is 1. The van der Waals surface area contributed by atoms with Gasteiger partial charge in [-0.1, -0.05) is 12.8 Å². The van der Waals surface area contributed by atoms with Crippen LogP contribution in [0.5, 0.6) is 0 Å². The van der Waals surface area contributed by atoms with Gasteiger partial charge in [0.15, 0.2) is 0 Å². The van der Waals surface area contributed by atoms with E-state index in [9.17, 15) is 5.11 Å². The molecular weight excluding hydrogens is 228 g/mol. The van der Waals surface area contributed by atoms with Crippen LogP contribution < -0.4 is 11.1 Å². The van der Waals surface area contributed by atoms with Gasteiger partial charge in [0.1, 0.15) is 0 Å². The van der Waals surface area contributed by atoms with Gasteiger partial charge in [-0.2, -0.15) is 0 Å². The van der Waals surface area contributed by atoms with Crippen LogP contribution in [0, 0.1) is 5.92 Å². The van der Waals surface area contributed by atoms with Crippen LogP contribution in [-0.4, -0.2) is 43.1 Å². The van der Waals surface area contributed by atoms with Crippen molar-refractivity contribution in [3.05, 3.63) is 0 Å². The Morgan fingerprint density at radius 1 is 1.39 bits per heavy atom. The number of aliphatic hydroxyl groups excluding tert-OH is 1. The maximum atomic E-state index is 9.43. The Hall–Kier alpha value is -0.160. The molecule has 1 fully saturated rings. The van der Waals surface area contributed by atoms with Gasteiger partial charge in [0.25, 0.3) is 0 Å². The lowest BCUT2D eigenvalue weighted by atomic mass is 9.84. The molecule has 18 heavy (non-hydrogen) atoms. The van der Waals surface area contributed by atoms with Crippen LogP contribution in [-0.2, 0) is 4.74 Å². The zero-order chi connectivity index (χ0) is 13.6.